The molecule has 0 spiro atoms. The van der Waals surface area contributed by atoms with E-state index in [1.807, 2.05) is 12.4 Å². The Kier molecular flexibility index (Phi) is 2.25. The van der Waals surface area contributed by atoms with Crippen LogP contribution in [-0.4, -0.2) is 14.5 Å². The van der Waals surface area contributed by atoms with Gasteiger partial charge in [0.15, 0.2) is 0 Å². The number of nitrogens with zero attached hydrogens (tertiary/aromatic N) is 3. The maximum absolute atomic E-state index is 4.24. The summed E-state index contributed by atoms with van der Waals surface area (Å²) in [7, 11) is 0. The van der Waals surface area contributed by atoms with Gasteiger partial charge in [0.25, 0.3) is 0 Å². The van der Waals surface area contributed by atoms with Gasteiger partial charge in [0.1, 0.15) is 5.52 Å². The van der Waals surface area contributed by atoms with Crippen molar-refractivity contribution in [2.24, 2.45) is 0 Å². The summed E-state index contributed by atoms with van der Waals surface area (Å²) in [5, 5.41) is 0. The number of hydrogen-bond donors (Lipinski definition) is 0. The van der Waals surface area contributed by atoms with Crippen LogP contribution in [0, 0.1) is 6.54 Å². The number of unbranched alkanes of at least 4 members (excludes halogenated alkanes) is 1. The minimum Gasteiger partial charge on any atom is -0.325 e. The van der Waals surface area contributed by atoms with Crippen LogP contribution in [0.4, 0.5) is 0 Å². The number of pyridine rings is 1. The zero-order valence-corrected chi connectivity index (χ0v) is 7.64. The third-order valence-corrected chi connectivity index (χ3v) is 1.99. The van der Waals surface area contributed by atoms with Gasteiger partial charge in [0.05, 0.1) is 24.6 Å². The lowest BCUT2D eigenvalue weighted by molar-refractivity contribution is 0.811. The Morgan fingerprint density at radius 3 is 3.31 bits per heavy atom. The van der Waals surface area contributed by atoms with Crippen molar-refractivity contribution in [1.29, 1.82) is 0 Å². The predicted molar refractivity (Wildman–Crippen MR) is 52.1 cm³/mol. The second-order valence-electron chi connectivity index (χ2n) is 2.99. The maximum Gasteiger partial charge on any atom is 0.107 e. The van der Waals surface area contributed by atoms with Gasteiger partial charge in [-0.1, -0.05) is 13.3 Å². The van der Waals surface area contributed by atoms with Crippen LogP contribution in [0.15, 0.2) is 24.8 Å². The molecule has 0 bridgehead atoms. The molecule has 2 heterocycles. The molecule has 0 aromatic carbocycles. The average molecular weight is 174 g/mol. The molecule has 0 amide bonds. The Labute approximate surface area is 77.4 Å². The van der Waals surface area contributed by atoms with Gasteiger partial charge in [-0.15, -0.1) is 0 Å². The molecule has 0 aliphatic carbocycles. The molecule has 0 fully saturated rings. The molecule has 13 heavy (non-hydrogen) atoms. The van der Waals surface area contributed by atoms with E-state index < -0.39 is 0 Å². The van der Waals surface area contributed by atoms with Gasteiger partial charge in [-0.25, -0.2) is 4.98 Å². The highest BCUT2D eigenvalue weighted by Gasteiger charge is 2.00. The van der Waals surface area contributed by atoms with E-state index in [0.29, 0.717) is 0 Å². The molecule has 0 saturated heterocycles. The van der Waals surface area contributed by atoms with Crippen LogP contribution < -0.4 is 0 Å². The number of rotatable bonds is 3. The topological polar surface area (TPSA) is 30.7 Å². The van der Waals surface area contributed by atoms with E-state index in [1.165, 1.54) is 0 Å². The average Bonchev–Trinajstić information content (AvgIpc) is 2.58. The molecular formula is C10H12N3. The van der Waals surface area contributed by atoms with Crippen molar-refractivity contribution in [1.82, 2.24) is 14.5 Å². The Balaban J connectivity index is 2.35. The van der Waals surface area contributed by atoms with Crippen molar-refractivity contribution in [3.8, 4) is 0 Å². The monoisotopic (exact) mass is 174 g/mol. The lowest BCUT2D eigenvalue weighted by Crippen LogP contribution is -1.91. The van der Waals surface area contributed by atoms with Crippen LogP contribution >= 0.6 is 0 Å². The van der Waals surface area contributed by atoms with Gasteiger partial charge in [-0.05, 0) is 12.5 Å². The molecule has 2 aromatic heterocycles. The molecule has 0 N–H and O–H groups in total. The lowest BCUT2D eigenvalue weighted by Gasteiger charge is -2.00. The molecule has 0 aliphatic heterocycles. The summed E-state index contributed by atoms with van der Waals surface area (Å²) in [6.45, 7) is 4.31. The largest absolute Gasteiger partial charge is 0.325 e. The van der Waals surface area contributed by atoms with Gasteiger partial charge < -0.3 is 4.57 Å². The van der Waals surface area contributed by atoms with Gasteiger partial charge in [-0.3, -0.25) is 4.98 Å². The Morgan fingerprint density at radius 1 is 1.54 bits per heavy atom. The fraction of sp³-hybridized carbons (Fsp3) is 0.300. The molecule has 2 rings (SSSR count). The molecular weight excluding hydrogens is 162 g/mol. The maximum atomic E-state index is 4.24. The normalized spacial score (nSPS) is 10.8. The van der Waals surface area contributed by atoms with E-state index in [9.17, 15) is 0 Å². The van der Waals surface area contributed by atoms with E-state index >= 15 is 0 Å². The van der Waals surface area contributed by atoms with Crippen LogP contribution in [0.5, 0.6) is 0 Å². The fourth-order valence-electron chi connectivity index (χ4n) is 1.30. The molecule has 2 aromatic rings. The van der Waals surface area contributed by atoms with E-state index in [2.05, 4.69) is 28.0 Å². The summed E-state index contributed by atoms with van der Waals surface area (Å²) in [6, 6.07) is 1.98. The summed E-state index contributed by atoms with van der Waals surface area (Å²) < 4.78 is 2.06. The Hall–Kier alpha value is -1.38. The molecule has 1 radical (unpaired) electrons. The highest BCUT2D eigenvalue weighted by atomic mass is 15.0. The second kappa shape index (κ2) is 3.56. The standard InChI is InChI=1S/C10H12N3/c1-2-3-6-13-8-12-9-7-11-5-4-10(9)13/h4-8H,2-3H2,1H3. The molecule has 0 unspecified atom stereocenters. The molecule has 0 atom stereocenters. The minimum absolute atomic E-state index is 0.954. The number of aromatic nitrogens is 3. The first-order valence-corrected chi connectivity index (χ1v) is 4.51. The van der Waals surface area contributed by atoms with Crippen LogP contribution in [0.2, 0.25) is 0 Å². The lowest BCUT2D eigenvalue weighted by atomic mass is 10.3. The molecule has 3 heteroatoms. The Bertz CT molecular complexity index is 392. The molecule has 67 valence electrons. The summed E-state index contributed by atoms with van der Waals surface area (Å²) in [5.41, 5.74) is 2.08. The number of hydrogen-bond acceptors (Lipinski definition) is 2. The van der Waals surface area contributed by atoms with E-state index in [1.54, 1.807) is 12.4 Å². The molecule has 0 aliphatic rings. The van der Waals surface area contributed by atoms with Crippen molar-refractivity contribution >= 4 is 11.0 Å². The molecule has 3 nitrogen and oxygen atoms in total. The number of fused-ring (bicyclic) bond motifs is 1. The summed E-state index contributed by atoms with van der Waals surface area (Å²) in [5.74, 6) is 0. The van der Waals surface area contributed by atoms with Crippen molar-refractivity contribution in [3.05, 3.63) is 31.3 Å². The van der Waals surface area contributed by atoms with Crippen molar-refractivity contribution in [2.45, 2.75) is 19.8 Å². The van der Waals surface area contributed by atoms with Crippen molar-refractivity contribution in [3.63, 3.8) is 0 Å². The number of imidazole rings is 1. The summed E-state index contributed by atoms with van der Waals surface area (Å²) in [4.78, 5) is 8.26. The SMILES string of the molecule is CCC[CH]n1cnc2cnccc21. The van der Waals surface area contributed by atoms with Gasteiger partial charge in [0.2, 0.25) is 0 Å². The zero-order chi connectivity index (χ0) is 9.10. The predicted octanol–water partition coefficient (Wildman–Crippen LogP) is 2.24. The zero-order valence-electron chi connectivity index (χ0n) is 7.64. The molecule has 0 saturated carbocycles. The first kappa shape index (κ1) is 8.23. The minimum atomic E-state index is 0.954. The van der Waals surface area contributed by atoms with Gasteiger partial charge >= 0.3 is 0 Å². The first-order valence-electron chi connectivity index (χ1n) is 4.51. The highest BCUT2D eigenvalue weighted by molar-refractivity contribution is 5.74. The van der Waals surface area contributed by atoms with Crippen molar-refractivity contribution < 1.29 is 0 Å². The van der Waals surface area contributed by atoms with Crippen LogP contribution in [0.1, 0.15) is 19.8 Å². The summed E-state index contributed by atoms with van der Waals surface area (Å²) >= 11 is 0. The van der Waals surface area contributed by atoms with Crippen LogP contribution in [0.3, 0.4) is 0 Å². The van der Waals surface area contributed by atoms with E-state index in [4.69, 9.17) is 0 Å². The summed E-state index contributed by atoms with van der Waals surface area (Å²) in [6.07, 6.45) is 7.65. The van der Waals surface area contributed by atoms with Gasteiger partial charge in [-0.2, -0.15) is 0 Å². The van der Waals surface area contributed by atoms with Gasteiger partial charge in [0, 0.05) is 6.20 Å². The third kappa shape index (κ3) is 1.54. The smallest absolute Gasteiger partial charge is 0.107 e. The highest BCUT2D eigenvalue weighted by Crippen LogP contribution is 2.11. The quantitative estimate of drug-likeness (QED) is 0.714. The van der Waals surface area contributed by atoms with Crippen LogP contribution in [-0.2, 0) is 0 Å². The van der Waals surface area contributed by atoms with Crippen molar-refractivity contribution in [2.75, 3.05) is 0 Å². The first-order chi connectivity index (χ1) is 6.42. The fourth-order valence-corrected chi connectivity index (χ4v) is 1.30. The Morgan fingerprint density at radius 2 is 2.46 bits per heavy atom. The van der Waals surface area contributed by atoms with E-state index in [-0.39, 0.29) is 0 Å². The second-order valence-corrected chi connectivity index (χ2v) is 2.99. The van der Waals surface area contributed by atoms with Crippen LogP contribution in [0.25, 0.3) is 11.0 Å². The van der Waals surface area contributed by atoms with E-state index in [0.717, 1.165) is 23.9 Å². The third-order valence-electron chi connectivity index (χ3n) is 1.99.